The van der Waals surface area contributed by atoms with Gasteiger partial charge in [-0.15, -0.1) is 10.2 Å². The molecule has 2 aliphatic rings. The lowest BCUT2D eigenvalue weighted by atomic mass is 10.00. The van der Waals surface area contributed by atoms with Crippen LogP contribution < -0.4 is 4.90 Å². The first-order chi connectivity index (χ1) is 9.65. The fourth-order valence-corrected chi connectivity index (χ4v) is 3.68. The van der Waals surface area contributed by atoms with Crippen LogP contribution in [0.3, 0.4) is 0 Å². The zero-order valence-electron chi connectivity index (χ0n) is 11.9. The Bertz CT molecular complexity index is 489. The summed E-state index contributed by atoms with van der Waals surface area (Å²) in [5.74, 6) is 2.78. The Hall–Kier alpha value is -0.490. The smallest absolute Gasteiger partial charge is 0.228 e. The highest BCUT2D eigenvalue weighted by molar-refractivity contribution is 9.11. The SMILES string of the molecule is C=C(Br)CSc1nnc(N2CCC(C)CC2)n1C1CC1. The Morgan fingerprint density at radius 3 is 2.60 bits per heavy atom. The monoisotopic (exact) mass is 356 g/mol. The van der Waals surface area contributed by atoms with Gasteiger partial charge in [0.1, 0.15) is 0 Å². The first-order valence-electron chi connectivity index (χ1n) is 7.31. The second-order valence-electron chi connectivity index (χ2n) is 5.86. The van der Waals surface area contributed by atoms with Crippen LogP contribution in [0, 0.1) is 5.92 Å². The van der Waals surface area contributed by atoms with Gasteiger partial charge in [0.15, 0.2) is 5.16 Å². The Labute approximate surface area is 133 Å². The van der Waals surface area contributed by atoms with Crippen molar-refractivity contribution >= 4 is 33.6 Å². The standard InChI is InChI=1S/C14H21BrN4S/c1-10-5-7-18(8-6-10)13-16-17-14(20-9-11(2)15)19(13)12-3-4-12/h10,12H,2-9H2,1H3. The summed E-state index contributed by atoms with van der Waals surface area (Å²) in [5, 5.41) is 9.94. The molecule has 1 saturated carbocycles. The van der Waals surface area contributed by atoms with E-state index in [0.29, 0.717) is 6.04 Å². The van der Waals surface area contributed by atoms with Gasteiger partial charge in [-0.05, 0) is 36.1 Å². The lowest BCUT2D eigenvalue weighted by molar-refractivity contribution is 0.429. The van der Waals surface area contributed by atoms with E-state index in [9.17, 15) is 0 Å². The summed E-state index contributed by atoms with van der Waals surface area (Å²) in [6.45, 7) is 8.46. The highest BCUT2D eigenvalue weighted by Crippen LogP contribution is 2.41. The first kappa shape index (κ1) is 14.4. The molecule has 1 aromatic rings. The zero-order chi connectivity index (χ0) is 14.1. The summed E-state index contributed by atoms with van der Waals surface area (Å²) in [4.78, 5) is 2.42. The number of hydrogen-bond donors (Lipinski definition) is 0. The van der Waals surface area contributed by atoms with Crippen molar-refractivity contribution in [2.75, 3.05) is 23.7 Å². The molecule has 0 amide bonds. The van der Waals surface area contributed by atoms with Crippen LogP contribution in [0.4, 0.5) is 5.95 Å². The molecule has 0 bridgehead atoms. The number of thioether (sulfide) groups is 1. The molecular formula is C14H21BrN4S. The molecule has 0 unspecified atom stereocenters. The van der Waals surface area contributed by atoms with Crippen LogP contribution in [0.15, 0.2) is 16.2 Å². The first-order valence-corrected chi connectivity index (χ1v) is 9.09. The van der Waals surface area contributed by atoms with Gasteiger partial charge in [0, 0.05) is 24.9 Å². The van der Waals surface area contributed by atoms with Gasteiger partial charge in [0.05, 0.1) is 0 Å². The summed E-state index contributed by atoms with van der Waals surface area (Å²) in [6.07, 6.45) is 5.05. The second-order valence-corrected chi connectivity index (χ2v) is 7.92. The number of anilines is 1. The maximum absolute atomic E-state index is 4.48. The predicted molar refractivity (Wildman–Crippen MR) is 87.7 cm³/mol. The average molecular weight is 357 g/mol. The maximum atomic E-state index is 4.48. The molecule has 1 aromatic heterocycles. The number of nitrogens with zero attached hydrogens (tertiary/aromatic N) is 4. The topological polar surface area (TPSA) is 34.0 Å². The molecule has 4 nitrogen and oxygen atoms in total. The van der Waals surface area contributed by atoms with Crippen LogP contribution in [-0.2, 0) is 0 Å². The molecule has 3 rings (SSSR count). The molecule has 110 valence electrons. The van der Waals surface area contributed by atoms with E-state index in [4.69, 9.17) is 0 Å². The van der Waals surface area contributed by atoms with Crippen LogP contribution in [0.1, 0.15) is 38.6 Å². The minimum absolute atomic E-state index is 0.616. The zero-order valence-corrected chi connectivity index (χ0v) is 14.3. The number of halogens is 1. The molecule has 1 saturated heterocycles. The molecule has 20 heavy (non-hydrogen) atoms. The summed E-state index contributed by atoms with van der Waals surface area (Å²) in [7, 11) is 0. The van der Waals surface area contributed by atoms with Crippen molar-refractivity contribution in [1.29, 1.82) is 0 Å². The Morgan fingerprint density at radius 1 is 1.30 bits per heavy atom. The van der Waals surface area contributed by atoms with E-state index in [0.717, 1.165) is 40.3 Å². The third-order valence-corrected chi connectivity index (χ3v) is 5.66. The molecule has 2 fully saturated rings. The second kappa shape index (κ2) is 6.10. The third-order valence-electron chi connectivity index (χ3n) is 3.98. The Balaban J connectivity index is 1.78. The Morgan fingerprint density at radius 2 is 2.00 bits per heavy atom. The van der Waals surface area contributed by atoms with Gasteiger partial charge in [-0.2, -0.15) is 0 Å². The normalized spacial score (nSPS) is 20.4. The van der Waals surface area contributed by atoms with Crippen LogP contribution in [0.2, 0.25) is 0 Å². The number of rotatable bonds is 5. The van der Waals surface area contributed by atoms with Crippen molar-refractivity contribution in [2.45, 2.75) is 43.8 Å². The minimum atomic E-state index is 0.616. The predicted octanol–water partition coefficient (Wildman–Crippen LogP) is 3.85. The fourth-order valence-electron chi connectivity index (χ4n) is 2.59. The summed E-state index contributed by atoms with van der Waals surface area (Å²) >= 11 is 5.14. The van der Waals surface area contributed by atoms with Crippen LogP contribution in [-0.4, -0.2) is 33.6 Å². The fraction of sp³-hybridized carbons (Fsp3) is 0.714. The van der Waals surface area contributed by atoms with Crippen LogP contribution in [0.5, 0.6) is 0 Å². The van der Waals surface area contributed by atoms with Gasteiger partial charge in [-0.25, -0.2) is 0 Å². The van der Waals surface area contributed by atoms with Crippen molar-refractivity contribution in [3.05, 3.63) is 11.1 Å². The highest BCUT2D eigenvalue weighted by atomic mass is 79.9. The van der Waals surface area contributed by atoms with E-state index < -0.39 is 0 Å². The number of aromatic nitrogens is 3. The molecule has 0 atom stereocenters. The highest BCUT2D eigenvalue weighted by Gasteiger charge is 2.32. The van der Waals surface area contributed by atoms with E-state index in [1.165, 1.54) is 25.7 Å². The van der Waals surface area contributed by atoms with Gasteiger partial charge in [-0.3, -0.25) is 4.57 Å². The van der Waals surface area contributed by atoms with Gasteiger partial charge in [0.25, 0.3) is 0 Å². The molecular weight excluding hydrogens is 336 g/mol. The number of piperidine rings is 1. The van der Waals surface area contributed by atoms with Crippen molar-refractivity contribution in [3.8, 4) is 0 Å². The van der Waals surface area contributed by atoms with Crippen molar-refractivity contribution in [2.24, 2.45) is 5.92 Å². The molecule has 0 radical (unpaired) electrons. The van der Waals surface area contributed by atoms with Crippen molar-refractivity contribution in [3.63, 3.8) is 0 Å². The molecule has 0 N–H and O–H groups in total. The van der Waals surface area contributed by atoms with E-state index in [2.05, 4.69) is 49.1 Å². The van der Waals surface area contributed by atoms with E-state index in [1.54, 1.807) is 11.8 Å². The minimum Gasteiger partial charge on any atom is -0.341 e. The van der Waals surface area contributed by atoms with Gasteiger partial charge in [-0.1, -0.05) is 41.2 Å². The van der Waals surface area contributed by atoms with Gasteiger partial charge in [0.2, 0.25) is 5.95 Å². The molecule has 1 aliphatic heterocycles. The van der Waals surface area contributed by atoms with E-state index >= 15 is 0 Å². The molecule has 6 heteroatoms. The maximum Gasteiger partial charge on any atom is 0.228 e. The summed E-state index contributed by atoms with van der Waals surface area (Å²) in [6, 6.07) is 0.616. The lowest BCUT2D eigenvalue weighted by Crippen LogP contribution is -2.34. The average Bonchev–Trinajstić information content (AvgIpc) is 3.17. The molecule has 1 aliphatic carbocycles. The third kappa shape index (κ3) is 3.22. The van der Waals surface area contributed by atoms with E-state index in [1.807, 2.05) is 0 Å². The quantitative estimate of drug-likeness (QED) is 0.750. The van der Waals surface area contributed by atoms with Crippen LogP contribution in [0.25, 0.3) is 0 Å². The van der Waals surface area contributed by atoms with Gasteiger partial charge >= 0.3 is 0 Å². The van der Waals surface area contributed by atoms with Gasteiger partial charge < -0.3 is 4.90 Å². The van der Waals surface area contributed by atoms with Crippen LogP contribution >= 0.6 is 27.7 Å². The number of hydrogen-bond acceptors (Lipinski definition) is 4. The van der Waals surface area contributed by atoms with Crippen molar-refractivity contribution < 1.29 is 0 Å². The summed E-state index contributed by atoms with van der Waals surface area (Å²) < 4.78 is 3.36. The molecule has 2 heterocycles. The summed E-state index contributed by atoms with van der Waals surface area (Å²) in [5.41, 5.74) is 0. The van der Waals surface area contributed by atoms with Crippen molar-refractivity contribution in [1.82, 2.24) is 14.8 Å². The lowest BCUT2D eigenvalue weighted by Gasteiger charge is -2.31. The molecule has 0 aromatic carbocycles. The largest absolute Gasteiger partial charge is 0.341 e. The Kier molecular flexibility index (Phi) is 4.40. The van der Waals surface area contributed by atoms with E-state index in [-0.39, 0.29) is 0 Å². The molecule has 0 spiro atoms.